The summed E-state index contributed by atoms with van der Waals surface area (Å²) in [5.41, 5.74) is 1.92. The van der Waals surface area contributed by atoms with Gasteiger partial charge in [0, 0.05) is 16.8 Å². The number of hydrogen-bond donors (Lipinski definition) is 0. The van der Waals surface area contributed by atoms with Crippen molar-refractivity contribution >= 4 is 11.6 Å². The van der Waals surface area contributed by atoms with Crippen LogP contribution in [0.15, 0.2) is 42.9 Å². The van der Waals surface area contributed by atoms with E-state index in [4.69, 9.17) is 16.3 Å². The standard InChI is InChI=1S/C17H14ClF3N4O/c1-2-26-15-14(12-4-3-5-13(18)7-12)6-11(8-22-15)9-25-16(17(19,20)21)23-10-24-25/h3-8,10H,2,9H2,1H3. The summed E-state index contributed by atoms with van der Waals surface area (Å²) in [5, 5.41) is 4.19. The molecule has 5 nitrogen and oxygen atoms in total. The Morgan fingerprint density at radius 2 is 2.00 bits per heavy atom. The summed E-state index contributed by atoms with van der Waals surface area (Å²) in [6.45, 7) is 2.10. The summed E-state index contributed by atoms with van der Waals surface area (Å²) in [5.74, 6) is -0.677. The van der Waals surface area contributed by atoms with Crippen LogP contribution in [0.25, 0.3) is 11.1 Å². The highest BCUT2D eigenvalue weighted by molar-refractivity contribution is 6.30. The number of hydrogen-bond acceptors (Lipinski definition) is 4. The Labute approximate surface area is 152 Å². The molecule has 0 saturated heterocycles. The van der Waals surface area contributed by atoms with Gasteiger partial charge in [0.05, 0.1) is 13.2 Å². The molecule has 0 radical (unpaired) electrons. The Morgan fingerprint density at radius 1 is 1.19 bits per heavy atom. The van der Waals surface area contributed by atoms with Gasteiger partial charge in [-0.3, -0.25) is 0 Å². The van der Waals surface area contributed by atoms with Crippen LogP contribution in [0.2, 0.25) is 5.02 Å². The first-order chi connectivity index (χ1) is 12.4. The predicted octanol–water partition coefficient (Wildman–Crippen LogP) is 4.46. The summed E-state index contributed by atoms with van der Waals surface area (Å²) in [6, 6.07) is 8.78. The fourth-order valence-electron chi connectivity index (χ4n) is 2.47. The highest BCUT2D eigenvalue weighted by Crippen LogP contribution is 2.32. The molecule has 136 valence electrons. The third kappa shape index (κ3) is 3.96. The van der Waals surface area contributed by atoms with E-state index in [-0.39, 0.29) is 6.54 Å². The number of rotatable bonds is 5. The number of alkyl halides is 3. The molecule has 0 fully saturated rings. The van der Waals surface area contributed by atoms with Gasteiger partial charge in [-0.15, -0.1) is 0 Å². The van der Waals surface area contributed by atoms with E-state index in [0.717, 1.165) is 16.6 Å². The van der Waals surface area contributed by atoms with E-state index in [1.54, 1.807) is 24.3 Å². The van der Waals surface area contributed by atoms with Crippen LogP contribution in [0.4, 0.5) is 13.2 Å². The number of pyridine rings is 1. The van der Waals surface area contributed by atoms with Gasteiger partial charge < -0.3 is 4.74 Å². The number of halogens is 4. The largest absolute Gasteiger partial charge is 0.478 e. The summed E-state index contributed by atoms with van der Waals surface area (Å²) < 4.78 is 45.2. The van der Waals surface area contributed by atoms with Crippen molar-refractivity contribution < 1.29 is 17.9 Å². The normalized spacial score (nSPS) is 11.6. The van der Waals surface area contributed by atoms with E-state index in [1.807, 2.05) is 13.0 Å². The average molecular weight is 383 g/mol. The molecule has 0 atom stereocenters. The van der Waals surface area contributed by atoms with E-state index < -0.39 is 12.0 Å². The van der Waals surface area contributed by atoms with Gasteiger partial charge in [0.25, 0.3) is 0 Å². The lowest BCUT2D eigenvalue weighted by Gasteiger charge is -2.13. The van der Waals surface area contributed by atoms with Gasteiger partial charge in [-0.25, -0.2) is 14.6 Å². The van der Waals surface area contributed by atoms with E-state index in [0.29, 0.717) is 28.6 Å². The Bertz CT molecular complexity index is 911. The third-order valence-electron chi connectivity index (χ3n) is 3.53. The van der Waals surface area contributed by atoms with E-state index in [2.05, 4.69) is 15.1 Å². The maximum absolute atomic E-state index is 13.0. The summed E-state index contributed by atoms with van der Waals surface area (Å²) in [6.07, 6.45) is -2.24. The van der Waals surface area contributed by atoms with Gasteiger partial charge in [-0.05, 0) is 36.2 Å². The minimum Gasteiger partial charge on any atom is -0.478 e. The van der Waals surface area contributed by atoms with Gasteiger partial charge in [-0.2, -0.15) is 18.3 Å². The van der Waals surface area contributed by atoms with E-state index in [9.17, 15) is 13.2 Å². The molecule has 2 aromatic heterocycles. The highest BCUT2D eigenvalue weighted by atomic mass is 35.5. The lowest BCUT2D eigenvalue weighted by Crippen LogP contribution is -2.16. The number of ether oxygens (including phenoxy) is 1. The average Bonchev–Trinajstić information content (AvgIpc) is 3.05. The van der Waals surface area contributed by atoms with Crippen molar-refractivity contribution in [3.8, 4) is 17.0 Å². The third-order valence-corrected chi connectivity index (χ3v) is 3.76. The van der Waals surface area contributed by atoms with Crippen LogP contribution in [-0.4, -0.2) is 26.4 Å². The number of benzene rings is 1. The van der Waals surface area contributed by atoms with Crippen LogP contribution in [0.5, 0.6) is 5.88 Å². The Hall–Kier alpha value is -2.61. The predicted molar refractivity (Wildman–Crippen MR) is 90.0 cm³/mol. The highest BCUT2D eigenvalue weighted by Gasteiger charge is 2.36. The molecule has 0 amide bonds. The van der Waals surface area contributed by atoms with Crippen LogP contribution in [0, 0.1) is 0 Å². The zero-order valence-electron chi connectivity index (χ0n) is 13.7. The molecule has 0 aliphatic carbocycles. The smallest absolute Gasteiger partial charge is 0.451 e. The molecule has 1 aromatic carbocycles. The Balaban J connectivity index is 2.00. The lowest BCUT2D eigenvalue weighted by molar-refractivity contribution is -0.147. The van der Waals surface area contributed by atoms with Crippen molar-refractivity contribution in [2.24, 2.45) is 0 Å². The van der Waals surface area contributed by atoms with Crippen LogP contribution in [0.1, 0.15) is 18.3 Å². The summed E-state index contributed by atoms with van der Waals surface area (Å²) in [4.78, 5) is 7.53. The molecule has 0 spiro atoms. The molecule has 3 rings (SSSR count). The molecule has 0 aliphatic rings. The van der Waals surface area contributed by atoms with Gasteiger partial charge in [0.2, 0.25) is 11.7 Å². The van der Waals surface area contributed by atoms with Crippen LogP contribution in [0.3, 0.4) is 0 Å². The van der Waals surface area contributed by atoms with Crippen molar-refractivity contribution in [3.05, 3.63) is 59.3 Å². The van der Waals surface area contributed by atoms with Gasteiger partial charge in [0.15, 0.2) is 0 Å². The minimum atomic E-state index is -4.58. The fraction of sp³-hybridized carbons (Fsp3) is 0.235. The lowest BCUT2D eigenvalue weighted by atomic mass is 10.1. The van der Waals surface area contributed by atoms with E-state index >= 15 is 0 Å². The first-order valence-electron chi connectivity index (χ1n) is 7.71. The fourth-order valence-corrected chi connectivity index (χ4v) is 2.66. The summed E-state index contributed by atoms with van der Waals surface area (Å²) >= 11 is 6.04. The van der Waals surface area contributed by atoms with Crippen LogP contribution in [-0.2, 0) is 12.7 Å². The first kappa shape index (κ1) is 18.2. The van der Waals surface area contributed by atoms with Gasteiger partial charge in [0.1, 0.15) is 6.33 Å². The molecule has 0 aliphatic heterocycles. The second-order valence-electron chi connectivity index (χ2n) is 5.38. The molecule has 0 saturated carbocycles. The maximum atomic E-state index is 13.0. The second kappa shape index (κ2) is 7.33. The molecule has 0 bridgehead atoms. The summed E-state index contributed by atoms with van der Waals surface area (Å²) in [7, 11) is 0. The second-order valence-corrected chi connectivity index (χ2v) is 5.82. The maximum Gasteiger partial charge on any atom is 0.451 e. The van der Waals surface area contributed by atoms with Crippen molar-refractivity contribution in [1.82, 2.24) is 19.7 Å². The quantitative estimate of drug-likeness (QED) is 0.653. The number of nitrogens with zero attached hydrogens (tertiary/aromatic N) is 4. The number of aromatic nitrogens is 4. The van der Waals surface area contributed by atoms with E-state index in [1.165, 1.54) is 6.20 Å². The first-order valence-corrected chi connectivity index (χ1v) is 8.09. The Kier molecular flexibility index (Phi) is 5.13. The molecule has 9 heteroatoms. The zero-order chi connectivity index (χ0) is 18.7. The van der Waals surface area contributed by atoms with Gasteiger partial charge in [-0.1, -0.05) is 23.7 Å². The van der Waals surface area contributed by atoms with Crippen molar-refractivity contribution in [1.29, 1.82) is 0 Å². The van der Waals surface area contributed by atoms with Crippen molar-refractivity contribution in [3.63, 3.8) is 0 Å². The van der Waals surface area contributed by atoms with Crippen LogP contribution < -0.4 is 4.74 Å². The molecular formula is C17H14ClF3N4O. The zero-order valence-corrected chi connectivity index (χ0v) is 14.4. The molecule has 2 heterocycles. The SMILES string of the molecule is CCOc1ncc(Cn2ncnc2C(F)(F)F)cc1-c1cccc(Cl)c1. The molecule has 26 heavy (non-hydrogen) atoms. The molecule has 0 N–H and O–H groups in total. The monoisotopic (exact) mass is 382 g/mol. The molecule has 0 unspecified atom stereocenters. The van der Waals surface area contributed by atoms with Crippen LogP contribution >= 0.6 is 11.6 Å². The Morgan fingerprint density at radius 3 is 2.69 bits per heavy atom. The van der Waals surface area contributed by atoms with Gasteiger partial charge >= 0.3 is 6.18 Å². The van der Waals surface area contributed by atoms with Crippen molar-refractivity contribution in [2.75, 3.05) is 6.61 Å². The topological polar surface area (TPSA) is 52.8 Å². The molecule has 3 aromatic rings. The molecular weight excluding hydrogens is 369 g/mol. The van der Waals surface area contributed by atoms with Crippen molar-refractivity contribution in [2.45, 2.75) is 19.6 Å². The minimum absolute atomic E-state index is 0.123.